The van der Waals surface area contributed by atoms with Crippen molar-refractivity contribution >= 4 is 22.6 Å². The van der Waals surface area contributed by atoms with Crippen LogP contribution in [0.25, 0.3) is 10.9 Å². The van der Waals surface area contributed by atoms with E-state index in [0.29, 0.717) is 24.5 Å². The molecule has 1 aromatic heterocycles. The molecule has 0 fully saturated rings. The molecule has 2 aromatic carbocycles. The van der Waals surface area contributed by atoms with Crippen LogP contribution in [-0.2, 0) is 13.0 Å². The van der Waals surface area contributed by atoms with Crippen molar-refractivity contribution in [2.24, 2.45) is 0 Å². The van der Waals surface area contributed by atoms with Gasteiger partial charge in [0, 0.05) is 23.1 Å². The molecule has 2 amide bonds. The second kappa shape index (κ2) is 5.92. The molecule has 4 rings (SSSR count). The van der Waals surface area contributed by atoms with Crippen molar-refractivity contribution < 1.29 is 9.53 Å². The summed E-state index contributed by atoms with van der Waals surface area (Å²) in [5.41, 5.74) is 4.27. The van der Waals surface area contributed by atoms with Crippen LogP contribution < -0.4 is 10.1 Å². The number of anilines is 1. The molecule has 3 aromatic rings. The molecule has 0 bridgehead atoms. The van der Waals surface area contributed by atoms with Crippen molar-refractivity contribution in [1.82, 2.24) is 9.88 Å². The molecular formula is C19H19N3O2. The first kappa shape index (κ1) is 14.6. The summed E-state index contributed by atoms with van der Waals surface area (Å²) >= 11 is 0. The molecule has 122 valence electrons. The second-order valence-electron chi connectivity index (χ2n) is 5.93. The molecule has 1 aliphatic heterocycles. The van der Waals surface area contributed by atoms with Gasteiger partial charge in [-0.05, 0) is 30.2 Å². The number of amides is 2. The van der Waals surface area contributed by atoms with Crippen LogP contribution in [-0.4, -0.2) is 29.6 Å². The highest BCUT2D eigenvalue weighted by molar-refractivity contribution is 5.92. The van der Waals surface area contributed by atoms with E-state index in [2.05, 4.69) is 28.5 Å². The topological polar surface area (TPSA) is 57.4 Å². The van der Waals surface area contributed by atoms with Gasteiger partial charge >= 0.3 is 6.03 Å². The number of ether oxygens (including phenoxy) is 1. The summed E-state index contributed by atoms with van der Waals surface area (Å²) in [7, 11) is 1.60. The number of methoxy groups -OCH3 is 1. The van der Waals surface area contributed by atoms with Crippen LogP contribution >= 0.6 is 0 Å². The maximum atomic E-state index is 12.6. The van der Waals surface area contributed by atoms with Crippen molar-refractivity contribution in [2.75, 3.05) is 19.0 Å². The quantitative estimate of drug-likeness (QED) is 0.755. The zero-order valence-corrected chi connectivity index (χ0v) is 13.5. The first-order chi connectivity index (χ1) is 11.8. The van der Waals surface area contributed by atoms with Crippen LogP contribution in [0, 0.1) is 0 Å². The number of carbonyl (C=O) groups excluding carboxylic acids is 1. The summed E-state index contributed by atoms with van der Waals surface area (Å²) < 4.78 is 5.29. The van der Waals surface area contributed by atoms with Crippen LogP contribution in [0.2, 0.25) is 0 Å². The number of nitrogens with one attached hydrogen (secondary N) is 2. The monoisotopic (exact) mass is 321 g/mol. The molecule has 0 spiro atoms. The lowest BCUT2D eigenvalue weighted by molar-refractivity contribution is 0.205. The van der Waals surface area contributed by atoms with E-state index in [0.717, 1.165) is 17.6 Å². The molecule has 2 N–H and O–H groups in total. The van der Waals surface area contributed by atoms with Crippen LogP contribution in [0.15, 0.2) is 48.5 Å². The molecule has 0 atom stereocenters. The van der Waals surface area contributed by atoms with Crippen LogP contribution in [0.4, 0.5) is 10.5 Å². The Balaban J connectivity index is 1.55. The number of aromatic amines is 1. The highest BCUT2D eigenvalue weighted by atomic mass is 16.5. The third-order valence-electron chi connectivity index (χ3n) is 4.52. The number of aromatic nitrogens is 1. The second-order valence-corrected chi connectivity index (χ2v) is 5.93. The average molecular weight is 321 g/mol. The van der Waals surface area contributed by atoms with E-state index < -0.39 is 0 Å². The number of carbonyl (C=O) groups is 1. The number of H-pyrrole nitrogens is 1. The van der Waals surface area contributed by atoms with E-state index in [9.17, 15) is 4.79 Å². The lowest BCUT2D eigenvalue weighted by Gasteiger charge is -2.27. The maximum absolute atomic E-state index is 12.6. The van der Waals surface area contributed by atoms with E-state index in [1.807, 2.05) is 35.2 Å². The Hall–Kier alpha value is -2.95. The minimum atomic E-state index is -0.108. The molecule has 5 nitrogen and oxygen atoms in total. The predicted octanol–water partition coefficient (Wildman–Crippen LogP) is 3.77. The van der Waals surface area contributed by atoms with Crippen molar-refractivity contribution in [3.8, 4) is 5.75 Å². The van der Waals surface area contributed by atoms with Gasteiger partial charge in [0.1, 0.15) is 5.75 Å². The number of nitrogens with zero attached hydrogens (tertiary/aromatic N) is 1. The van der Waals surface area contributed by atoms with Gasteiger partial charge in [-0.3, -0.25) is 0 Å². The number of hydrogen-bond donors (Lipinski definition) is 2. The SMILES string of the molecule is COc1ccccc1NC(=O)N1CCc2c([nH]c3ccccc23)C1. The fraction of sp³-hybridized carbons (Fsp3) is 0.211. The first-order valence-electron chi connectivity index (χ1n) is 8.03. The van der Waals surface area contributed by atoms with Crippen LogP contribution in [0.5, 0.6) is 5.75 Å². The van der Waals surface area contributed by atoms with E-state index in [-0.39, 0.29) is 6.03 Å². The van der Waals surface area contributed by atoms with Crippen molar-refractivity contribution in [2.45, 2.75) is 13.0 Å². The number of rotatable bonds is 2. The van der Waals surface area contributed by atoms with Gasteiger partial charge < -0.3 is 19.9 Å². The molecule has 0 unspecified atom stereocenters. The highest BCUT2D eigenvalue weighted by Gasteiger charge is 2.24. The maximum Gasteiger partial charge on any atom is 0.322 e. The average Bonchev–Trinajstić information content (AvgIpc) is 3.00. The number of benzene rings is 2. The van der Waals surface area contributed by atoms with Crippen molar-refractivity contribution in [3.63, 3.8) is 0 Å². The Morgan fingerprint density at radius 2 is 1.96 bits per heavy atom. The molecule has 2 heterocycles. The predicted molar refractivity (Wildman–Crippen MR) is 94.4 cm³/mol. The minimum absolute atomic E-state index is 0.108. The molecule has 24 heavy (non-hydrogen) atoms. The number of fused-ring (bicyclic) bond motifs is 3. The molecular weight excluding hydrogens is 302 g/mol. The summed E-state index contributed by atoms with van der Waals surface area (Å²) in [5.74, 6) is 0.661. The third-order valence-corrected chi connectivity index (χ3v) is 4.52. The van der Waals surface area contributed by atoms with Gasteiger partial charge in [0.25, 0.3) is 0 Å². The minimum Gasteiger partial charge on any atom is -0.495 e. The van der Waals surface area contributed by atoms with E-state index in [1.165, 1.54) is 10.9 Å². The summed E-state index contributed by atoms with van der Waals surface area (Å²) in [6.07, 6.45) is 0.860. The summed E-state index contributed by atoms with van der Waals surface area (Å²) in [5, 5.41) is 4.21. The van der Waals surface area contributed by atoms with Gasteiger partial charge in [0.2, 0.25) is 0 Å². The summed E-state index contributed by atoms with van der Waals surface area (Å²) in [4.78, 5) is 17.9. The van der Waals surface area contributed by atoms with Gasteiger partial charge in [-0.1, -0.05) is 30.3 Å². The summed E-state index contributed by atoms with van der Waals surface area (Å²) in [6, 6.07) is 15.6. The van der Waals surface area contributed by atoms with Crippen molar-refractivity contribution in [3.05, 3.63) is 59.8 Å². The fourth-order valence-electron chi connectivity index (χ4n) is 3.31. The normalized spacial score (nSPS) is 13.6. The Labute approximate surface area is 140 Å². The number of para-hydroxylation sites is 3. The first-order valence-corrected chi connectivity index (χ1v) is 8.03. The van der Waals surface area contributed by atoms with Gasteiger partial charge in [-0.25, -0.2) is 4.79 Å². The van der Waals surface area contributed by atoms with Crippen LogP contribution in [0.1, 0.15) is 11.3 Å². The zero-order chi connectivity index (χ0) is 16.5. The molecule has 5 heteroatoms. The number of urea groups is 1. The van der Waals surface area contributed by atoms with E-state index in [1.54, 1.807) is 7.11 Å². The van der Waals surface area contributed by atoms with E-state index >= 15 is 0 Å². The smallest absolute Gasteiger partial charge is 0.322 e. The highest BCUT2D eigenvalue weighted by Crippen LogP contribution is 2.28. The lowest BCUT2D eigenvalue weighted by Crippen LogP contribution is -2.38. The van der Waals surface area contributed by atoms with Gasteiger partial charge in [0.05, 0.1) is 19.3 Å². The Bertz CT molecular complexity index is 901. The van der Waals surface area contributed by atoms with Gasteiger partial charge in [-0.2, -0.15) is 0 Å². The van der Waals surface area contributed by atoms with Crippen LogP contribution in [0.3, 0.4) is 0 Å². The Kier molecular flexibility index (Phi) is 3.61. The molecule has 0 radical (unpaired) electrons. The standard InChI is InChI=1S/C19H19N3O2/c1-24-18-9-5-4-8-16(18)21-19(23)22-11-10-14-13-6-2-3-7-15(13)20-17(14)12-22/h2-9,20H,10-12H2,1H3,(H,21,23). The third kappa shape index (κ3) is 2.48. The lowest BCUT2D eigenvalue weighted by atomic mass is 10.0. The molecule has 1 aliphatic rings. The molecule has 0 saturated carbocycles. The number of hydrogen-bond acceptors (Lipinski definition) is 2. The Morgan fingerprint density at radius 3 is 2.83 bits per heavy atom. The zero-order valence-electron chi connectivity index (χ0n) is 13.5. The molecule has 0 aliphatic carbocycles. The Morgan fingerprint density at radius 1 is 1.17 bits per heavy atom. The van der Waals surface area contributed by atoms with Crippen molar-refractivity contribution in [1.29, 1.82) is 0 Å². The van der Waals surface area contributed by atoms with Gasteiger partial charge in [0.15, 0.2) is 0 Å². The largest absolute Gasteiger partial charge is 0.495 e. The van der Waals surface area contributed by atoms with E-state index in [4.69, 9.17) is 4.74 Å². The molecule has 0 saturated heterocycles. The summed E-state index contributed by atoms with van der Waals surface area (Å²) in [6.45, 7) is 1.29. The fourth-order valence-corrected chi connectivity index (χ4v) is 3.31. The van der Waals surface area contributed by atoms with Gasteiger partial charge in [-0.15, -0.1) is 0 Å².